The smallest absolute Gasteiger partial charge is 0.195 e. The third-order valence-electron chi connectivity index (χ3n) is 2.25. The van der Waals surface area contributed by atoms with Gasteiger partial charge in [-0.05, 0) is 31.0 Å². The zero-order chi connectivity index (χ0) is 10.7. The Labute approximate surface area is 87.7 Å². The molecule has 0 amide bonds. The predicted octanol–water partition coefficient (Wildman–Crippen LogP) is 1.73. The number of hydrogen-bond donors (Lipinski definition) is 2. The summed E-state index contributed by atoms with van der Waals surface area (Å²) in [6.07, 6.45) is 2.43. The summed E-state index contributed by atoms with van der Waals surface area (Å²) in [6.45, 7) is 0.215. The Kier molecular flexibility index (Phi) is 2.87. The molecule has 4 heteroatoms. The van der Waals surface area contributed by atoms with Crippen LogP contribution in [0.3, 0.4) is 0 Å². The van der Waals surface area contributed by atoms with E-state index in [0.29, 0.717) is 11.6 Å². The van der Waals surface area contributed by atoms with Crippen molar-refractivity contribution in [2.45, 2.75) is 19.3 Å². The van der Waals surface area contributed by atoms with E-state index in [9.17, 15) is 0 Å². The van der Waals surface area contributed by atoms with E-state index in [4.69, 9.17) is 15.3 Å². The number of nitrogen functional groups attached to an aromatic ring is 1. The molecular weight excluding hydrogens is 192 g/mol. The average Bonchev–Trinajstić information content (AvgIpc) is 2.60. The van der Waals surface area contributed by atoms with Crippen molar-refractivity contribution in [1.29, 1.82) is 0 Å². The number of aryl methyl sites for hydroxylation is 1. The maximum Gasteiger partial charge on any atom is 0.195 e. The van der Waals surface area contributed by atoms with Gasteiger partial charge in [0.1, 0.15) is 5.52 Å². The minimum atomic E-state index is 0.215. The fourth-order valence-corrected chi connectivity index (χ4v) is 1.49. The standard InChI is InChI=1S/C11H14N2O2/c12-8-4-5-10-9(7-8)13-11(15-10)3-1-2-6-14/h4-5,7,14H,1-3,6,12H2. The van der Waals surface area contributed by atoms with Crippen molar-refractivity contribution in [2.75, 3.05) is 12.3 Å². The second kappa shape index (κ2) is 4.31. The third kappa shape index (κ3) is 2.27. The number of nitrogens with two attached hydrogens (primary N) is 1. The number of unbranched alkanes of at least 4 members (excludes halogenated alkanes) is 1. The van der Waals surface area contributed by atoms with Crippen LogP contribution in [0.25, 0.3) is 11.1 Å². The van der Waals surface area contributed by atoms with Crippen LogP contribution >= 0.6 is 0 Å². The van der Waals surface area contributed by atoms with Gasteiger partial charge in [0, 0.05) is 18.7 Å². The molecule has 4 nitrogen and oxygen atoms in total. The molecule has 0 aliphatic rings. The lowest BCUT2D eigenvalue weighted by Gasteiger charge is -1.92. The Bertz CT molecular complexity index is 451. The van der Waals surface area contributed by atoms with Crippen LogP contribution in [0.15, 0.2) is 22.6 Å². The van der Waals surface area contributed by atoms with E-state index in [-0.39, 0.29) is 6.61 Å². The van der Waals surface area contributed by atoms with Crippen LogP contribution < -0.4 is 5.73 Å². The summed E-state index contributed by atoms with van der Waals surface area (Å²) in [6, 6.07) is 5.42. The normalized spacial score (nSPS) is 11.0. The molecule has 1 heterocycles. The molecule has 0 atom stereocenters. The van der Waals surface area contributed by atoms with Crippen molar-refractivity contribution in [3.05, 3.63) is 24.1 Å². The van der Waals surface area contributed by atoms with Gasteiger partial charge in [-0.3, -0.25) is 0 Å². The number of anilines is 1. The summed E-state index contributed by atoms with van der Waals surface area (Å²) in [5.41, 5.74) is 7.90. The molecule has 0 saturated heterocycles. The van der Waals surface area contributed by atoms with Crippen LogP contribution in [0.4, 0.5) is 5.69 Å². The number of hydrogen-bond acceptors (Lipinski definition) is 4. The minimum absolute atomic E-state index is 0.215. The molecule has 0 fully saturated rings. The van der Waals surface area contributed by atoms with Gasteiger partial charge in [0.05, 0.1) is 0 Å². The molecule has 0 bridgehead atoms. The van der Waals surface area contributed by atoms with Crippen LogP contribution in [0, 0.1) is 0 Å². The fourth-order valence-electron chi connectivity index (χ4n) is 1.49. The highest BCUT2D eigenvalue weighted by Gasteiger charge is 2.05. The average molecular weight is 206 g/mol. The van der Waals surface area contributed by atoms with E-state index in [2.05, 4.69) is 4.98 Å². The van der Waals surface area contributed by atoms with Gasteiger partial charge in [0.25, 0.3) is 0 Å². The summed E-state index contributed by atoms with van der Waals surface area (Å²) in [5, 5.41) is 8.65. The van der Waals surface area contributed by atoms with Crippen molar-refractivity contribution >= 4 is 16.8 Å². The largest absolute Gasteiger partial charge is 0.441 e. The number of fused-ring (bicyclic) bond motifs is 1. The first-order chi connectivity index (χ1) is 7.29. The summed E-state index contributed by atoms with van der Waals surface area (Å²) in [7, 11) is 0. The van der Waals surface area contributed by atoms with Gasteiger partial charge in [0.15, 0.2) is 11.5 Å². The maximum atomic E-state index is 8.65. The molecular formula is C11H14N2O2. The van der Waals surface area contributed by atoms with Gasteiger partial charge in [-0.1, -0.05) is 0 Å². The number of aliphatic hydroxyl groups is 1. The van der Waals surface area contributed by atoms with Crippen LogP contribution in [0.5, 0.6) is 0 Å². The van der Waals surface area contributed by atoms with Crippen LogP contribution in [-0.2, 0) is 6.42 Å². The van der Waals surface area contributed by atoms with E-state index in [0.717, 1.165) is 30.4 Å². The zero-order valence-electron chi connectivity index (χ0n) is 8.44. The molecule has 1 aromatic heterocycles. The van der Waals surface area contributed by atoms with E-state index < -0.39 is 0 Å². The lowest BCUT2D eigenvalue weighted by Crippen LogP contribution is -1.88. The molecule has 0 saturated carbocycles. The van der Waals surface area contributed by atoms with Crippen LogP contribution in [-0.4, -0.2) is 16.7 Å². The third-order valence-corrected chi connectivity index (χ3v) is 2.25. The SMILES string of the molecule is Nc1ccc2oc(CCCCO)nc2c1. The lowest BCUT2D eigenvalue weighted by molar-refractivity contribution is 0.283. The molecule has 0 aliphatic carbocycles. The fraction of sp³-hybridized carbons (Fsp3) is 0.364. The molecule has 0 aliphatic heterocycles. The van der Waals surface area contributed by atoms with Crippen molar-refractivity contribution in [3.8, 4) is 0 Å². The van der Waals surface area contributed by atoms with E-state index >= 15 is 0 Å². The Morgan fingerprint density at radius 1 is 1.33 bits per heavy atom. The number of benzene rings is 1. The second-order valence-corrected chi connectivity index (χ2v) is 3.52. The highest BCUT2D eigenvalue weighted by atomic mass is 16.3. The molecule has 2 rings (SSSR count). The number of nitrogens with zero attached hydrogens (tertiary/aromatic N) is 1. The Morgan fingerprint density at radius 3 is 3.00 bits per heavy atom. The zero-order valence-corrected chi connectivity index (χ0v) is 8.44. The molecule has 0 unspecified atom stereocenters. The summed E-state index contributed by atoms with van der Waals surface area (Å²) < 4.78 is 5.52. The van der Waals surface area contributed by atoms with Crippen molar-refractivity contribution in [2.24, 2.45) is 0 Å². The summed E-state index contributed by atoms with van der Waals surface area (Å²) >= 11 is 0. The topological polar surface area (TPSA) is 72.3 Å². The quantitative estimate of drug-likeness (QED) is 0.590. The van der Waals surface area contributed by atoms with Gasteiger partial charge in [0.2, 0.25) is 0 Å². The first-order valence-corrected chi connectivity index (χ1v) is 5.05. The van der Waals surface area contributed by atoms with Crippen LogP contribution in [0.1, 0.15) is 18.7 Å². The molecule has 80 valence electrons. The van der Waals surface area contributed by atoms with Crippen LogP contribution in [0.2, 0.25) is 0 Å². The van der Waals surface area contributed by atoms with Crippen molar-refractivity contribution in [3.63, 3.8) is 0 Å². The molecule has 1 aromatic carbocycles. The van der Waals surface area contributed by atoms with Gasteiger partial charge < -0.3 is 15.3 Å². The molecule has 3 N–H and O–H groups in total. The predicted molar refractivity (Wildman–Crippen MR) is 58.4 cm³/mol. The van der Waals surface area contributed by atoms with Crippen molar-refractivity contribution < 1.29 is 9.52 Å². The van der Waals surface area contributed by atoms with E-state index in [1.165, 1.54) is 0 Å². The number of aromatic nitrogens is 1. The molecule has 0 radical (unpaired) electrons. The number of aliphatic hydroxyl groups excluding tert-OH is 1. The molecule has 2 aromatic rings. The Balaban J connectivity index is 2.16. The molecule has 15 heavy (non-hydrogen) atoms. The van der Waals surface area contributed by atoms with Crippen molar-refractivity contribution in [1.82, 2.24) is 4.98 Å². The van der Waals surface area contributed by atoms with Gasteiger partial charge >= 0.3 is 0 Å². The highest BCUT2D eigenvalue weighted by molar-refractivity contribution is 5.76. The first-order valence-electron chi connectivity index (χ1n) is 5.05. The van der Waals surface area contributed by atoms with Gasteiger partial charge in [-0.2, -0.15) is 0 Å². The maximum absolute atomic E-state index is 8.65. The molecule has 0 spiro atoms. The summed E-state index contributed by atoms with van der Waals surface area (Å²) in [4.78, 5) is 4.32. The minimum Gasteiger partial charge on any atom is -0.441 e. The lowest BCUT2D eigenvalue weighted by atomic mass is 10.2. The second-order valence-electron chi connectivity index (χ2n) is 3.52. The van der Waals surface area contributed by atoms with E-state index in [1.807, 2.05) is 6.07 Å². The highest BCUT2D eigenvalue weighted by Crippen LogP contribution is 2.19. The van der Waals surface area contributed by atoms with Gasteiger partial charge in [-0.25, -0.2) is 4.98 Å². The Hall–Kier alpha value is -1.55. The number of rotatable bonds is 4. The number of oxazole rings is 1. The van der Waals surface area contributed by atoms with Gasteiger partial charge in [-0.15, -0.1) is 0 Å². The Morgan fingerprint density at radius 2 is 2.20 bits per heavy atom. The van der Waals surface area contributed by atoms with E-state index in [1.54, 1.807) is 12.1 Å². The monoisotopic (exact) mass is 206 g/mol. The first kappa shape index (κ1) is 9.98. The summed E-state index contributed by atoms with van der Waals surface area (Å²) in [5.74, 6) is 0.712.